The van der Waals surface area contributed by atoms with Gasteiger partial charge in [-0.1, -0.05) is 13.3 Å². The van der Waals surface area contributed by atoms with Crippen LogP contribution in [-0.4, -0.2) is 40.1 Å². The summed E-state index contributed by atoms with van der Waals surface area (Å²) in [4.78, 5) is 40.0. The number of carboxylic acid groups (broad SMARTS) is 1. The van der Waals surface area contributed by atoms with Crippen LogP contribution in [0, 0.1) is 0 Å². The molecule has 2 heterocycles. The summed E-state index contributed by atoms with van der Waals surface area (Å²) < 4.78 is 27.8. The summed E-state index contributed by atoms with van der Waals surface area (Å²) in [6, 6.07) is -0.234. The molecule has 3 N–H and O–H groups in total. The third kappa shape index (κ3) is 3.36. The molecule has 11 heteroatoms. The van der Waals surface area contributed by atoms with Crippen molar-refractivity contribution < 1.29 is 18.3 Å². The molecule has 0 saturated heterocycles. The third-order valence-corrected chi connectivity index (χ3v) is 4.85. The molecule has 1 unspecified atom stereocenters. The zero-order chi connectivity index (χ0) is 18.1. The highest BCUT2D eigenvalue weighted by atomic mass is 32.2. The van der Waals surface area contributed by atoms with Crippen molar-refractivity contribution in [2.75, 3.05) is 0 Å². The molecule has 10 nitrogen and oxygen atoms in total. The monoisotopic (exact) mass is 356 g/mol. The molecule has 0 fully saturated rings. The van der Waals surface area contributed by atoms with E-state index >= 15 is 0 Å². The molecule has 24 heavy (non-hydrogen) atoms. The summed E-state index contributed by atoms with van der Waals surface area (Å²) in [7, 11) is -2.81. The highest BCUT2D eigenvalue weighted by Gasteiger charge is 2.25. The number of aliphatic carboxylic acids is 1. The molecule has 1 atom stereocenters. The van der Waals surface area contributed by atoms with Gasteiger partial charge in [0.05, 0.1) is 5.39 Å². The summed E-state index contributed by atoms with van der Waals surface area (Å²) in [5.41, 5.74) is -1.44. The Labute approximate surface area is 136 Å². The van der Waals surface area contributed by atoms with Crippen molar-refractivity contribution >= 4 is 27.0 Å². The number of aryl methyl sites for hydroxylation is 1. The molecule has 0 spiro atoms. The lowest BCUT2D eigenvalue weighted by molar-refractivity contribution is -0.139. The number of aromatic amines is 1. The Balaban J connectivity index is 2.54. The van der Waals surface area contributed by atoms with Crippen LogP contribution in [0.4, 0.5) is 0 Å². The SMILES string of the molecule is CCCC(NS(=O)(=O)c1cnc2c(c1)c(=O)[nH]c(=O)n2C)C(=O)O. The van der Waals surface area contributed by atoms with E-state index in [2.05, 4.69) is 9.71 Å². The standard InChI is InChI=1S/C13H16N4O6S/c1-3-4-9(12(19)20)16-24(22,23)7-5-8-10(14-6-7)17(2)13(21)15-11(8)18/h5-6,9,16H,3-4H2,1-2H3,(H,19,20)(H,15,18,21). The van der Waals surface area contributed by atoms with E-state index in [0.29, 0.717) is 6.42 Å². The van der Waals surface area contributed by atoms with Gasteiger partial charge in [0.1, 0.15) is 16.6 Å². The lowest BCUT2D eigenvalue weighted by Gasteiger charge is -2.14. The van der Waals surface area contributed by atoms with Gasteiger partial charge < -0.3 is 5.11 Å². The van der Waals surface area contributed by atoms with Crippen molar-refractivity contribution in [3.63, 3.8) is 0 Å². The first-order valence-corrected chi connectivity index (χ1v) is 8.50. The number of aromatic nitrogens is 3. The third-order valence-electron chi connectivity index (χ3n) is 3.41. The molecular weight excluding hydrogens is 340 g/mol. The van der Waals surface area contributed by atoms with Gasteiger partial charge in [0.15, 0.2) is 0 Å². The topological polar surface area (TPSA) is 151 Å². The summed E-state index contributed by atoms with van der Waals surface area (Å²) in [6.07, 6.45) is 1.55. The molecule has 0 amide bonds. The smallest absolute Gasteiger partial charge is 0.329 e. The van der Waals surface area contributed by atoms with Crippen LogP contribution in [0.25, 0.3) is 11.0 Å². The fourth-order valence-corrected chi connectivity index (χ4v) is 3.33. The number of sulfonamides is 1. The number of nitrogens with one attached hydrogen (secondary N) is 2. The van der Waals surface area contributed by atoms with Gasteiger partial charge in [-0.05, 0) is 12.5 Å². The van der Waals surface area contributed by atoms with Crippen LogP contribution in [0.3, 0.4) is 0 Å². The van der Waals surface area contributed by atoms with E-state index in [1.54, 1.807) is 6.92 Å². The van der Waals surface area contributed by atoms with Gasteiger partial charge in [0.25, 0.3) is 5.56 Å². The first-order valence-electron chi connectivity index (χ1n) is 7.01. The highest BCUT2D eigenvalue weighted by molar-refractivity contribution is 7.89. The average molecular weight is 356 g/mol. The van der Waals surface area contributed by atoms with E-state index < -0.39 is 33.3 Å². The number of hydrogen-bond donors (Lipinski definition) is 3. The first-order chi connectivity index (χ1) is 11.2. The molecule has 0 radical (unpaired) electrons. The van der Waals surface area contributed by atoms with Crippen molar-refractivity contribution in [2.45, 2.75) is 30.7 Å². The van der Waals surface area contributed by atoms with Crippen LogP contribution in [0.5, 0.6) is 0 Å². The van der Waals surface area contributed by atoms with Crippen molar-refractivity contribution in [3.05, 3.63) is 33.1 Å². The maximum Gasteiger partial charge on any atom is 0.329 e. The second kappa shape index (κ2) is 6.53. The fourth-order valence-electron chi connectivity index (χ4n) is 2.14. The molecule has 0 aromatic carbocycles. The molecule has 2 aromatic rings. The zero-order valence-electron chi connectivity index (χ0n) is 12.9. The Morgan fingerprint density at radius 2 is 2.12 bits per heavy atom. The molecule has 2 rings (SSSR count). The molecule has 0 aliphatic carbocycles. The summed E-state index contributed by atoms with van der Waals surface area (Å²) >= 11 is 0. The minimum Gasteiger partial charge on any atom is -0.480 e. The summed E-state index contributed by atoms with van der Waals surface area (Å²) in [5, 5.41) is 8.97. The Kier molecular flexibility index (Phi) is 4.85. The van der Waals surface area contributed by atoms with Gasteiger partial charge >= 0.3 is 11.7 Å². The molecule has 0 aliphatic heterocycles. The number of pyridine rings is 1. The van der Waals surface area contributed by atoms with Crippen LogP contribution < -0.4 is 16.0 Å². The predicted molar refractivity (Wildman–Crippen MR) is 84.3 cm³/mol. The highest BCUT2D eigenvalue weighted by Crippen LogP contribution is 2.13. The second-order valence-electron chi connectivity index (χ2n) is 5.16. The Bertz CT molecular complexity index is 1010. The maximum absolute atomic E-state index is 12.3. The van der Waals surface area contributed by atoms with Crippen molar-refractivity contribution in [3.8, 4) is 0 Å². The summed E-state index contributed by atoms with van der Waals surface area (Å²) in [5.74, 6) is -1.30. The number of carboxylic acids is 1. The molecule has 0 saturated carbocycles. The van der Waals surface area contributed by atoms with Crippen LogP contribution >= 0.6 is 0 Å². The predicted octanol–water partition coefficient (Wildman–Crippen LogP) is -0.847. The van der Waals surface area contributed by atoms with Gasteiger partial charge in [0, 0.05) is 13.2 Å². The van der Waals surface area contributed by atoms with E-state index in [1.807, 2.05) is 4.98 Å². The van der Waals surface area contributed by atoms with Gasteiger partial charge in [-0.2, -0.15) is 4.72 Å². The average Bonchev–Trinajstić information content (AvgIpc) is 2.51. The van der Waals surface area contributed by atoms with Gasteiger partial charge in [-0.25, -0.2) is 18.2 Å². The molecular formula is C13H16N4O6S. The largest absolute Gasteiger partial charge is 0.480 e. The Morgan fingerprint density at radius 1 is 1.46 bits per heavy atom. The van der Waals surface area contributed by atoms with Crippen LogP contribution in [-0.2, 0) is 21.9 Å². The number of carbonyl (C=O) groups is 1. The van der Waals surface area contributed by atoms with Crippen LogP contribution in [0.15, 0.2) is 26.7 Å². The number of fused-ring (bicyclic) bond motifs is 1. The normalized spacial score (nSPS) is 13.1. The van der Waals surface area contributed by atoms with Crippen LogP contribution in [0.2, 0.25) is 0 Å². The first kappa shape index (κ1) is 17.8. The second-order valence-corrected chi connectivity index (χ2v) is 6.88. The molecule has 0 aliphatic rings. The lowest BCUT2D eigenvalue weighted by atomic mass is 10.2. The Morgan fingerprint density at radius 3 is 2.71 bits per heavy atom. The maximum atomic E-state index is 12.3. The molecule has 2 aromatic heterocycles. The number of nitrogens with zero attached hydrogens (tertiary/aromatic N) is 2. The fraction of sp³-hybridized carbons (Fsp3) is 0.385. The minimum atomic E-state index is -4.19. The van der Waals surface area contributed by atoms with Gasteiger partial charge in [-0.15, -0.1) is 0 Å². The zero-order valence-corrected chi connectivity index (χ0v) is 13.8. The molecule has 130 valence electrons. The van der Waals surface area contributed by atoms with Gasteiger partial charge in [0.2, 0.25) is 10.0 Å². The van der Waals surface area contributed by atoms with E-state index in [1.165, 1.54) is 7.05 Å². The summed E-state index contributed by atoms with van der Waals surface area (Å²) in [6.45, 7) is 1.72. The van der Waals surface area contributed by atoms with E-state index in [4.69, 9.17) is 5.11 Å². The molecule has 0 bridgehead atoms. The van der Waals surface area contributed by atoms with Gasteiger partial charge in [-0.3, -0.25) is 19.1 Å². The van der Waals surface area contributed by atoms with E-state index in [0.717, 1.165) is 16.8 Å². The van der Waals surface area contributed by atoms with E-state index in [9.17, 15) is 22.8 Å². The van der Waals surface area contributed by atoms with Crippen molar-refractivity contribution in [2.24, 2.45) is 7.05 Å². The quantitative estimate of drug-likeness (QED) is 0.610. The van der Waals surface area contributed by atoms with Crippen molar-refractivity contribution in [1.29, 1.82) is 0 Å². The number of H-pyrrole nitrogens is 1. The Hall–Kier alpha value is -2.53. The lowest BCUT2D eigenvalue weighted by Crippen LogP contribution is -2.40. The number of rotatable bonds is 6. The minimum absolute atomic E-state index is 0.0195. The number of hydrogen-bond acceptors (Lipinski definition) is 6. The van der Waals surface area contributed by atoms with E-state index in [-0.39, 0.29) is 22.3 Å². The van der Waals surface area contributed by atoms with Crippen molar-refractivity contribution in [1.82, 2.24) is 19.3 Å². The van der Waals surface area contributed by atoms with Crippen LogP contribution in [0.1, 0.15) is 19.8 Å².